The van der Waals surface area contributed by atoms with Gasteiger partial charge in [0.1, 0.15) is 17.3 Å². The number of carbonyl (C=O) groups is 1. The van der Waals surface area contributed by atoms with E-state index in [9.17, 15) is 9.70 Å². The molecule has 18 heavy (non-hydrogen) atoms. The van der Waals surface area contributed by atoms with Gasteiger partial charge in [0.15, 0.2) is 0 Å². The highest BCUT2D eigenvalue weighted by atomic mass is 16.6. The fraction of sp³-hybridized carbons (Fsp3) is 0.462. The minimum Gasteiger partial charge on any atom is -0.459 e. The van der Waals surface area contributed by atoms with Crippen LogP contribution in [0.15, 0.2) is 29.4 Å². The maximum Gasteiger partial charge on any atom is 0.323 e. The Labute approximate surface area is 106 Å². The van der Waals surface area contributed by atoms with E-state index in [4.69, 9.17) is 10.5 Å². The van der Waals surface area contributed by atoms with Gasteiger partial charge in [-0.25, -0.2) is 0 Å². The summed E-state index contributed by atoms with van der Waals surface area (Å²) >= 11 is 0. The van der Waals surface area contributed by atoms with Gasteiger partial charge >= 0.3 is 5.97 Å². The summed E-state index contributed by atoms with van der Waals surface area (Å²) in [7, 11) is 0. The van der Waals surface area contributed by atoms with Crippen molar-refractivity contribution in [3.05, 3.63) is 34.7 Å². The molecule has 0 unspecified atom stereocenters. The Hall–Kier alpha value is -1.75. The van der Waals surface area contributed by atoms with E-state index in [-0.39, 0.29) is 0 Å². The van der Waals surface area contributed by atoms with Crippen LogP contribution >= 0.6 is 0 Å². The Morgan fingerprint density at radius 3 is 2.33 bits per heavy atom. The van der Waals surface area contributed by atoms with Crippen LogP contribution < -0.4 is 5.73 Å². The Balaban J connectivity index is 2.60. The molecule has 1 aromatic rings. The Kier molecular flexibility index (Phi) is 4.55. The number of nitrogens with two attached hydrogens (primary N) is 1. The topological polar surface area (TPSA) is 81.8 Å². The average molecular weight is 250 g/mol. The number of hydrogen-bond donors (Lipinski definition) is 1. The Morgan fingerprint density at radius 2 is 1.89 bits per heavy atom. The third-order valence-electron chi connectivity index (χ3n) is 2.21. The molecule has 0 saturated heterocycles. The van der Waals surface area contributed by atoms with Crippen molar-refractivity contribution in [3.8, 4) is 0 Å². The number of nitroso groups, excluding NO2 is 1. The molecule has 0 heterocycles. The van der Waals surface area contributed by atoms with Gasteiger partial charge in [-0.1, -0.05) is 12.1 Å². The maximum atomic E-state index is 11.7. The van der Waals surface area contributed by atoms with E-state index in [1.807, 2.05) is 0 Å². The van der Waals surface area contributed by atoms with Gasteiger partial charge in [0.05, 0.1) is 0 Å². The molecular formula is C13H18N2O3. The van der Waals surface area contributed by atoms with Crippen LogP contribution in [-0.4, -0.2) is 17.6 Å². The fourth-order valence-electron chi connectivity index (χ4n) is 1.41. The first-order valence-corrected chi connectivity index (χ1v) is 5.72. The second-order valence-corrected chi connectivity index (χ2v) is 5.10. The van der Waals surface area contributed by atoms with Crippen molar-refractivity contribution in [1.82, 2.24) is 0 Å². The lowest BCUT2D eigenvalue weighted by Crippen LogP contribution is -2.38. The molecule has 0 saturated carbocycles. The van der Waals surface area contributed by atoms with Crippen LogP contribution in [0, 0.1) is 4.91 Å². The van der Waals surface area contributed by atoms with Crippen molar-refractivity contribution in [3.63, 3.8) is 0 Å². The molecular weight excluding hydrogens is 232 g/mol. The zero-order chi connectivity index (χ0) is 13.8. The predicted molar refractivity (Wildman–Crippen MR) is 69.4 cm³/mol. The lowest BCUT2D eigenvalue weighted by Gasteiger charge is -2.22. The molecule has 0 aliphatic carbocycles. The second kappa shape index (κ2) is 5.73. The van der Waals surface area contributed by atoms with Crippen molar-refractivity contribution in [2.24, 2.45) is 10.9 Å². The molecule has 0 radical (unpaired) electrons. The molecule has 0 spiro atoms. The van der Waals surface area contributed by atoms with Crippen molar-refractivity contribution >= 4 is 11.7 Å². The highest BCUT2D eigenvalue weighted by Gasteiger charge is 2.22. The van der Waals surface area contributed by atoms with Crippen molar-refractivity contribution in [2.45, 2.75) is 38.8 Å². The van der Waals surface area contributed by atoms with Gasteiger partial charge in [0.2, 0.25) is 0 Å². The highest BCUT2D eigenvalue weighted by Crippen LogP contribution is 2.14. The highest BCUT2D eigenvalue weighted by molar-refractivity contribution is 5.76. The van der Waals surface area contributed by atoms with Crippen LogP contribution in [0.25, 0.3) is 0 Å². The summed E-state index contributed by atoms with van der Waals surface area (Å²) < 4.78 is 5.18. The van der Waals surface area contributed by atoms with E-state index in [1.165, 1.54) is 0 Å². The minimum atomic E-state index is -0.709. The number of ether oxygens (including phenoxy) is 1. The van der Waals surface area contributed by atoms with Crippen LogP contribution in [0.3, 0.4) is 0 Å². The summed E-state index contributed by atoms with van der Waals surface area (Å²) in [5, 5.41) is 2.80. The van der Waals surface area contributed by atoms with Crippen molar-refractivity contribution in [1.29, 1.82) is 0 Å². The molecule has 0 amide bonds. The van der Waals surface area contributed by atoms with Gasteiger partial charge in [-0.2, -0.15) is 0 Å². The molecule has 0 fully saturated rings. The number of carbonyl (C=O) groups excluding carboxylic acids is 1. The number of esters is 1. The summed E-state index contributed by atoms with van der Waals surface area (Å²) in [4.78, 5) is 21.9. The standard InChI is InChI=1S/C13H18N2O3/c1-13(2,3)18-12(16)11(14)8-9-4-6-10(15-17)7-5-9/h4-7,11H,8,14H2,1-3H3/t11-/m0/s1. The first kappa shape index (κ1) is 14.3. The molecule has 0 aliphatic rings. The van der Waals surface area contributed by atoms with Gasteiger partial charge in [-0.3, -0.25) is 4.79 Å². The summed E-state index contributed by atoms with van der Waals surface area (Å²) in [5.41, 5.74) is 6.44. The van der Waals surface area contributed by atoms with E-state index >= 15 is 0 Å². The molecule has 98 valence electrons. The Morgan fingerprint density at radius 1 is 1.33 bits per heavy atom. The van der Waals surface area contributed by atoms with E-state index in [0.717, 1.165) is 5.56 Å². The van der Waals surface area contributed by atoms with Crippen LogP contribution in [0.4, 0.5) is 5.69 Å². The maximum absolute atomic E-state index is 11.7. The zero-order valence-electron chi connectivity index (χ0n) is 10.8. The van der Waals surface area contributed by atoms with Crippen LogP contribution in [0.1, 0.15) is 26.3 Å². The predicted octanol–water partition coefficient (Wildman–Crippen LogP) is 2.30. The number of benzene rings is 1. The van der Waals surface area contributed by atoms with E-state index in [0.29, 0.717) is 12.1 Å². The first-order chi connectivity index (χ1) is 8.31. The lowest BCUT2D eigenvalue weighted by atomic mass is 10.1. The summed E-state index contributed by atoms with van der Waals surface area (Å²) in [5.74, 6) is -0.430. The molecule has 0 aromatic heterocycles. The molecule has 1 rings (SSSR count). The molecule has 2 N–H and O–H groups in total. The summed E-state index contributed by atoms with van der Waals surface area (Å²) in [6.07, 6.45) is 0.369. The monoisotopic (exact) mass is 250 g/mol. The van der Waals surface area contributed by atoms with Crippen LogP contribution in [-0.2, 0) is 16.0 Å². The number of rotatable bonds is 4. The molecule has 1 atom stereocenters. The van der Waals surface area contributed by atoms with Crippen LogP contribution in [0.2, 0.25) is 0 Å². The Bertz CT molecular complexity index is 421. The van der Waals surface area contributed by atoms with Crippen molar-refractivity contribution in [2.75, 3.05) is 0 Å². The van der Waals surface area contributed by atoms with E-state index < -0.39 is 17.6 Å². The molecule has 0 bridgehead atoms. The lowest BCUT2D eigenvalue weighted by molar-refractivity contribution is -0.156. The van der Waals surface area contributed by atoms with Gasteiger partial charge < -0.3 is 10.5 Å². The second-order valence-electron chi connectivity index (χ2n) is 5.10. The average Bonchev–Trinajstić information content (AvgIpc) is 2.27. The van der Waals surface area contributed by atoms with Gasteiger partial charge in [0, 0.05) is 0 Å². The fourth-order valence-corrected chi connectivity index (χ4v) is 1.41. The largest absolute Gasteiger partial charge is 0.459 e. The summed E-state index contributed by atoms with van der Waals surface area (Å²) in [6, 6.07) is 5.91. The summed E-state index contributed by atoms with van der Waals surface area (Å²) in [6.45, 7) is 5.38. The SMILES string of the molecule is CC(C)(C)OC(=O)[C@@H](N)Cc1ccc(N=O)cc1. The third-order valence-corrected chi connectivity index (χ3v) is 2.21. The molecule has 1 aromatic carbocycles. The van der Waals surface area contributed by atoms with Gasteiger partial charge in [-0.05, 0) is 50.1 Å². The van der Waals surface area contributed by atoms with Crippen molar-refractivity contribution < 1.29 is 9.53 Å². The molecule has 5 nitrogen and oxygen atoms in total. The first-order valence-electron chi connectivity index (χ1n) is 5.72. The normalized spacial score (nSPS) is 12.9. The zero-order valence-corrected chi connectivity index (χ0v) is 10.8. The smallest absolute Gasteiger partial charge is 0.323 e. The third kappa shape index (κ3) is 4.63. The minimum absolute atomic E-state index is 0.351. The van der Waals surface area contributed by atoms with E-state index in [1.54, 1.807) is 45.0 Å². The molecule has 5 heteroatoms. The van der Waals surface area contributed by atoms with Crippen LogP contribution in [0.5, 0.6) is 0 Å². The number of hydrogen-bond acceptors (Lipinski definition) is 5. The number of nitrogens with zero attached hydrogens (tertiary/aromatic N) is 1. The molecule has 0 aliphatic heterocycles. The van der Waals surface area contributed by atoms with Gasteiger partial charge in [-0.15, -0.1) is 4.91 Å². The quantitative estimate of drug-likeness (QED) is 0.656. The van der Waals surface area contributed by atoms with E-state index in [2.05, 4.69) is 5.18 Å². The van der Waals surface area contributed by atoms with Gasteiger partial charge in [0.25, 0.3) is 0 Å².